The molecule has 16 heavy (non-hydrogen) atoms. The number of nitrogens with zero attached hydrogens (tertiary/aromatic N) is 1. The van der Waals surface area contributed by atoms with Crippen molar-refractivity contribution in [3.8, 4) is 0 Å². The molecule has 0 saturated heterocycles. The molecule has 1 aromatic rings. The van der Waals surface area contributed by atoms with Gasteiger partial charge >= 0.3 is 0 Å². The maximum absolute atomic E-state index is 11.9. The normalized spacial score (nSPS) is 10.3. The van der Waals surface area contributed by atoms with Gasteiger partial charge in [0.2, 0.25) is 5.91 Å². The molecule has 0 radical (unpaired) electrons. The number of imide groups is 1. The lowest BCUT2D eigenvalue weighted by atomic mass is 10.1. The van der Waals surface area contributed by atoms with Crippen LogP contribution >= 0.6 is 11.6 Å². The molecule has 86 valence electrons. The van der Waals surface area contributed by atoms with Crippen molar-refractivity contribution in [1.29, 1.82) is 0 Å². The number of halogens is 1. The Bertz CT molecular complexity index is 398. The fourth-order valence-corrected chi connectivity index (χ4v) is 1.40. The van der Waals surface area contributed by atoms with E-state index in [0.29, 0.717) is 10.6 Å². The molecule has 0 saturated carbocycles. The van der Waals surface area contributed by atoms with Crippen LogP contribution in [0.4, 0.5) is 0 Å². The minimum atomic E-state index is -0.310. The Morgan fingerprint density at radius 3 is 2.12 bits per heavy atom. The van der Waals surface area contributed by atoms with Gasteiger partial charge < -0.3 is 0 Å². The lowest BCUT2D eigenvalue weighted by Gasteiger charge is -2.17. The van der Waals surface area contributed by atoms with Crippen LogP contribution < -0.4 is 0 Å². The third-order valence-corrected chi connectivity index (χ3v) is 2.47. The Morgan fingerprint density at radius 1 is 1.19 bits per heavy atom. The molecule has 0 heterocycles. The topological polar surface area (TPSA) is 37.4 Å². The van der Waals surface area contributed by atoms with Crippen molar-refractivity contribution in [1.82, 2.24) is 4.90 Å². The highest BCUT2D eigenvalue weighted by atomic mass is 35.5. The van der Waals surface area contributed by atoms with Crippen molar-refractivity contribution in [2.75, 3.05) is 7.05 Å². The van der Waals surface area contributed by atoms with Gasteiger partial charge in [-0.25, -0.2) is 0 Å². The summed E-state index contributed by atoms with van der Waals surface area (Å²) in [6.45, 7) is 3.52. The number of carbonyl (C=O) groups excluding carboxylic acids is 2. The van der Waals surface area contributed by atoms with E-state index < -0.39 is 0 Å². The van der Waals surface area contributed by atoms with Crippen molar-refractivity contribution in [3.63, 3.8) is 0 Å². The number of rotatable bonds is 2. The number of hydrogen-bond acceptors (Lipinski definition) is 2. The van der Waals surface area contributed by atoms with E-state index in [-0.39, 0.29) is 17.7 Å². The monoisotopic (exact) mass is 239 g/mol. The molecular weight excluding hydrogens is 226 g/mol. The van der Waals surface area contributed by atoms with E-state index in [0.717, 1.165) is 4.90 Å². The van der Waals surface area contributed by atoms with Crippen molar-refractivity contribution in [2.45, 2.75) is 13.8 Å². The van der Waals surface area contributed by atoms with E-state index in [4.69, 9.17) is 11.6 Å². The van der Waals surface area contributed by atoms with E-state index in [2.05, 4.69) is 0 Å². The second-order valence-electron chi connectivity index (χ2n) is 3.86. The number of amides is 2. The molecule has 0 aromatic heterocycles. The largest absolute Gasteiger partial charge is 0.281 e. The first-order chi connectivity index (χ1) is 7.43. The molecule has 0 aliphatic heterocycles. The van der Waals surface area contributed by atoms with Gasteiger partial charge in [0.05, 0.1) is 0 Å². The van der Waals surface area contributed by atoms with Crippen molar-refractivity contribution >= 4 is 23.4 Å². The summed E-state index contributed by atoms with van der Waals surface area (Å²) >= 11 is 5.72. The second-order valence-corrected chi connectivity index (χ2v) is 4.30. The summed E-state index contributed by atoms with van der Waals surface area (Å²) < 4.78 is 0. The first kappa shape index (κ1) is 12.7. The fraction of sp³-hybridized carbons (Fsp3) is 0.333. The van der Waals surface area contributed by atoms with Crippen molar-refractivity contribution in [2.24, 2.45) is 5.92 Å². The molecule has 0 aliphatic carbocycles. The van der Waals surface area contributed by atoms with Crippen LogP contribution in [0, 0.1) is 5.92 Å². The van der Waals surface area contributed by atoms with Gasteiger partial charge in [0.1, 0.15) is 0 Å². The Balaban J connectivity index is 2.86. The highest BCUT2D eigenvalue weighted by Crippen LogP contribution is 2.12. The molecule has 4 heteroatoms. The highest BCUT2D eigenvalue weighted by molar-refractivity contribution is 6.30. The highest BCUT2D eigenvalue weighted by Gasteiger charge is 2.20. The van der Waals surface area contributed by atoms with Gasteiger partial charge in [-0.05, 0) is 24.3 Å². The van der Waals surface area contributed by atoms with Gasteiger partial charge in [-0.2, -0.15) is 0 Å². The number of carbonyl (C=O) groups is 2. The average molecular weight is 240 g/mol. The first-order valence-electron chi connectivity index (χ1n) is 5.01. The molecule has 0 atom stereocenters. The molecule has 0 spiro atoms. The van der Waals surface area contributed by atoms with Gasteiger partial charge in [0.25, 0.3) is 5.91 Å². The SMILES string of the molecule is CC(C)C(=O)N(C)C(=O)c1ccc(Cl)cc1. The maximum Gasteiger partial charge on any atom is 0.260 e. The summed E-state index contributed by atoms with van der Waals surface area (Å²) in [4.78, 5) is 24.6. The lowest BCUT2D eigenvalue weighted by molar-refractivity contribution is -0.130. The molecule has 1 rings (SSSR count). The predicted molar refractivity (Wildman–Crippen MR) is 63.4 cm³/mol. The molecule has 0 N–H and O–H groups in total. The molecule has 3 nitrogen and oxygen atoms in total. The van der Waals surface area contributed by atoms with E-state index in [1.807, 2.05) is 0 Å². The van der Waals surface area contributed by atoms with E-state index in [1.165, 1.54) is 7.05 Å². The minimum Gasteiger partial charge on any atom is -0.281 e. The van der Waals surface area contributed by atoms with E-state index in [1.54, 1.807) is 38.1 Å². The molecule has 0 aliphatic rings. The molecule has 2 amide bonds. The second kappa shape index (κ2) is 5.12. The van der Waals surface area contributed by atoms with Gasteiger partial charge in [-0.15, -0.1) is 0 Å². The summed E-state index contributed by atoms with van der Waals surface area (Å²) in [6, 6.07) is 6.47. The van der Waals surface area contributed by atoms with Crippen molar-refractivity contribution < 1.29 is 9.59 Å². The smallest absolute Gasteiger partial charge is 0.260 e. The summed E-state index contributed by atoms with van der Waals surface area (Å²) in [5.74, 6) is -0.698. The zero-order valence-electron chi connectivity index (χ0n) is 9.53. The molecule has 0 bridgehead atoms. The average Bonchev–Trinajstić information content (AvgIpc) is 2.27. The fourth-order valence-electron chi connectivity index (χ4n) is 1.27. The number of benzene rings is 1. The summed E-state index contributed by atoms with van der Waals surface area (Å²) in [6.07, 6.45) is 0. The van der Waals surface area contributed by atoms with Crippen LogP contribution in [0.5, 0.6) is 0 Å². The molecule has 0 unspecified atom stereocenters. The molecular formula is C12H14ClNO2. The zero-order valence-corrected chi connectivity index (χ0v) is 10.3. The van der Waals surface area contributed by atoms with Gasteiger partial charge in [0, 0.05) is 23.6 Å². The molecule has 0 fully saturated rings. The standard InChI is InChI=1S/C12H14ClNO2/c1-8(2)11(15)14(3)12(16)9-4-6-10(13)7-5-9/h4-8H,1-3H3. The first-order valence-corrected chi connectivity index (χ1v) is 5.38. The number of hydrogen-bond donors (Lipinski definition) is 0. The predicted octanol–water partition coefficient (Wildman–Crippen LogP) is 2.59. The maximum atomic E-state index is 11.9. The Labute approximate surface area is 100 Å². The summed E-state index contributed by atoms with van der Waals surface area (Å²) in [5, 5.41) is 0.564. The third-order valence-electron chi connectivity index (χ3n) is 2.22. The Kier molecular flexibility index (Phi) is 4.07. The van der Waals surface area contributed by atoms with Crippen LogP contribution in [0.3, 0.4) is 0 Å². The van der Waals surface area contributed by atoms with E-state index >= 15 is 0 Å². The third kappa shape index (κ3) is 2.83. The summed E-state index contributed by atoms with van der Waals surface area (Å²) in [7, 11) is 1.49. The Hall–Kier alpha value is -1.35. The van der Waals surface area contributed by atoms with Gasteiger partial charge in [-0.3, -0.25) is 14.5 Å². The van der Waals surface area contributed by atoms with E-state index in [9.17, 15) is 9.59 Å². The zero-order chi connectivity index (χ0) is 12.3. The van der Waals surface area contributed by atoms with Crippen molar-refractivity contribution in [3.05, 3.63) is 34.9 Å². The van der Waals surface area contributed by atoms with Crippen LogP contribution in [-0.4, -0.2) is 23.8 Å². The van der Waals surface area contributed by atoms with Crippen LogP contribution in [0.1, 0.15) is 24.2 Å². The van der Waals surface area contributed by atoms with Crippen LogP contribution in [0.15, 0.2) is 24.3 Å². The quantitative estimate of drug-likeness (QED) is 0.796. The van der Waals surface area contributed by atoms with Crippen LogP contribution in [-0.2, 0) is 4.79 Å². The van der Waals surface area contributed by atoms with Crippen LogP contribution in [0.25, 0.3) is 0 Å². The molecule has 1 aromatic carbocycles. The Morgan fingerprint density at radius 2 is 1.69 bits per heavy atom. The van der Waals surface area contributed by atoms with Crippen LogP contribution in [0.2, 0.25) is 5.02 Å². The lowest BCUT2D eigenvalue weighted by Crippen LogP contribution is -2.35. The van der Waals surface area contributed by atoms with Gasteiger partial charge in [0.15, 0.2) is 0 Å². The minimum absolute atomic E-state index is 0.193. The summed E-state index contributed by atoms with van der Waals surface area (Å²) in [5.41, 5.74) is 0.459. The van der Waals surface area contributed by atoms with Gasteiger partial charge in [-0.1, -0.05) is 25.4 Å².